The fourth-order valence-corrected chi connectivity index (χ4v) is 1.81. The summed E-state index contributed by atoms with van der Waals surface area (Å²) in [5.74, 6) is -1.26. The minimum Gasteiger partial charge on any atom is -0.506 e. The Morgan fingerprint density at radius 1 is 1.47 bits per heavy atom. The summed E-state index contributed by atoms with van der Waals surface area (Å²) in [5.41, 5.74) is 11.4. The summed E-state index contributed by atoms with van der Waals surface area (Å²) < 4.78 is 0.417. The van der Waals surface area contributed by atoms with E-state index in [4.69, 9.17) is 16.6 Å². The van der Waals surface area contributed by atoms with Crippen LogP contribution in [0.3, 0.4) is 0 Å². The summed E-state index contributed by atoms with van der Waals surface area (Å²) >= 11 is 3.12. The maximum absolute atomic E-state index is 11.0. The van der Waals surface area contributed by atoms with Crippen LogP contribution in [-0.2, 0) is 0 Å². The van der Waals surface area contributed by atoms with E-state index in [1.54, 1.807) is 0 Å². The second-order valence-electron chi connectivity index (χ2n) is 3.35. The van der Waals surface area contributed by atoms with Crippen molar-refractivity contribution in [3.63, 3.8) is 0 Å². The molecule has 0 aromatic heterocycles. The van der Waals surface area contributed by atoms with Crippen molar-refractivity contribution in [1.29, 1.82) is 0 Å². The molecule has 96 valence electrons. The molecular weight excluding hydrogens is 311 g/mol. The zero-order valence-corrected chi connectivity index (χ0v) is 11.3. The molecule has 1 atom stereocenters. The molecule has 0 radical (unpaired) electrons. The first-order valence-corrected chi connectivity index (χ1v) is 5.48. The monoisotopic (exact) mass is 324 g/mol. The van der Waals surface area contributed by atoms with Gasteiger partial charge in [0.2, 0.25) is 0 Å². The number of halogens is 2. The number of carbonyl (C=O) groups is 1. The molecule has 1 aromatic rings. The van der Waals surface area contributed by atoms with Gasteiger partial charge >= 0.3 is 5.97 Å². The Kier molecular flexibility index (Phi) is 6.48. The average Bonchev–Trinajstić information content (AvgIpc) is 2.21. The molecule has 0 unspecified atom stereocenters. The lowest BCUT2D eigenvalue weighted by Crippen LogP contribution is -2.18. The lowest BCUT2D eigenvalue weighted by atomic mass is 9.97. The molecular formula is C10H14BrClN2O3. The number of rotatable bonds is 4. The summed E-state index contributed by atoms with van der Waals surface area (Å²) in [6.07, 6.45) is 0.407. The molecule has 7 heteroatoms. The maximum Gasteiger partial charge on any atom is 0.336 e. The molecule has 17 heavy (non-hydrogen) atoms. The molecule has 0 aliphatic heterocycles. The highest BCUT2D eigenvalue weighted by Crippen LogP contribution is 2.34. The van der Waals surface area contributed by atoms with Crippen molar-refractivity contribution in [3.8, 4) is 5.75 Å². The van der Waals surface area contributed by atoms with E-state index in [1.807, 2.05) is 0 Å². The lowest BCUT2D eigenvalue weighted by Gasteiger charge is -2.16. The van der Waals surface area contributed by atoms with Gasteiger partial charge in [0, 0.05) is 11.6 Å². The Morgan fingerprint density at radius 3 is 2.53 bits per heavy atom. The summed E-state index contributed by atoms with van der Waals surface area (Å²) in [4.78, 5) is 11.0. The van der Waals surface area contributed by atoms with Gasteiger partial charge in [0.25, 0.3) is 0 Å². The maximum atomic E-state index is 11.0. The summed E-state index contributed by atoms with van der Waals surface area (Å²) in [7, 11) is 0. The molecule has 0 spiro atoms. The van der Waals surface area contributed by atoms with Gasteiger partial charge in [-0.05, 0) is 41.0 Å². The van der Waals surface area contributed by atoms with Crippen LogP contribution in [-0.4, -0.2) is 22.7 Å². The van der Waals surface area contributed by atoms with Crippen LogP contribution in [0, 0.1) is 0 Å². The second-order valence-corrected chi connectivity index (χ2v) is 4.20. The van der Waals surface area contributed by atoms with Crippen LogP contribution in [0.2, 0.25) is 0 Å². The predicted octanol–water partition coefficient (Wildman–Crippen LogP) is 1.62. The van der Waals surface area contributed by atoms with Crippen LogP contribution >= 0.6 is 28.3 Å². The molecule has 0 saturated heterocycles. The van der Waals surface area contributed by atoms with Crippen LogP contribution < -0.4 is 11.5 Å². The first kappa shape index (κ1) is 16.2. The molecule has 6 N–H and O–H groups in total. The van der Waals surface area contributed by atoms with Crippen molar-refractivity contribution in [3.05, 3.63) is 27.7 Å². The van der Waals surface area contributed by atoms with E-state index in [1.165, 1.54) is 12.1 Å². The van der Waals surface area contributed by atoms with E-state index in [2.05, 4.69) is 15.9 Å². The highest BCUT2D eigenvalue weighted by atomic mass is 79.9. The molecule has 0 bridgehead atoms. The Bertz CT molecular complexity index is 415. The quantitative estimate of drug-likeness (QED) is 0.672. The Hall–Kier alpha value is -0.820. The van der Waals surface area contributed by atoms with Crippen molar-refractivity contribution in [1.82, 2.24) is 0 Å². The summed E-state index contributed by atoms with van der Waals surface area (Å²) in [6, 6.07) is 2.28. The third-order valence-corrected chi connectivity index (χ3v) is 2.89. The molecule has 0 amide bonds. The van der Waals surface area contributed by atoms with Crippen LogP contribution in [0.15, 0.2) is 16.6 Å². The topological polar surface area (TPSA) is 110 Å². The SMILES string of the molecule is Cl.NCC[C@@H](N)c1c(C(=O)O)ccc(Br)c1O. The van der Waals surface area contributed by atoms with E-state index in [0.29, 0.717) is 17.4 Å². The van der Waals surface area contributed by atoms with E-state index in [9.17, 15) is 9.90 Å². The van der Waals surface area contributed by atoms with Gasteiger partial charge in [0.05, 0.1) is 10.0 Å². The predicted molar refractivity (Wildman–Crippen MR) is 70.6 cm³/mol. The van der Waals surface area contributed by atoms with E-state index in [0.717, 1.165) is 0 Å². The number of carboxylic acids is 1. The van der Waals surface area contributed by atoms with Gasteiger partial charge in [-0.15, -0.1) is 12.4 Å². The number of hydrogen-bond acceptors (Lipinski definition) is 4. The smallest absolute Gasteiger partial charge is 0.336 e. The van der Waals surface area contributed by atoms with Crippen LogP contribution in [0.1, 0.15) is 28.4 Å². The normalized spacial score (nSPS) is 11.7. The number of phenols is 1. The number of carboxylic acid groups (broad SMARTS) is 1. The summed E-state index contributed by atoms with van der Waals surface area (Å²) in [6.45, 7) is 0.326. The molecule has 0 aliphatic carbocycles. The Labute approximate surface area is 113 Å². The number of phenolic OH excluding ortho intramolecular Hbond substituents is 1. The second kappa shape index (κ2) is 6.80. The fourth-order valence-electron chi connectivity index (χ4n) is 1.47. The first-order valence-electron chi connectivity index (χ1n) is 4.69. The van der Waals surface area contributed by atoms with Gasteiger partial charge in [-0.25, -0.2) is 4.79 Å². The lowest BCUT2D eigenvalue weighted by molar-refractivity contribution is 0.0694. The Balaban J connectivity index is 0.00000256. The fraction of sp³-hybridized carbons (Fsp3) is 0.300. The first-order chi connectivity index (χ1) is 7.49. The van der Waals surface area contributed by atoms with E-state index < -0.39 is 12.0 Å². The van der Waals surface area contributed by atoms with Gasteiger partial charge in [-0.3, -0.25) is 0 Å². The number of aromatic carboxylic acids is 1. The standard InChI is InChI=1S/C10H13BrN2O3.ClH/c11-6-2-1-5(10(15)16)8(9(6)14)7(13)3-4-12;/h1-2,7,14H,3-4,12-13H2,(H,15,16);1H/t7-;/m1./s1. The third-order valence-electron chi connectivity index (χ3n) is 2.25. The molecule has 0 fully saturated rings. The van der Waals surface area contributed by atoms with Gasteiger partial charge in [-0.2, -0.15) is 0 Å². The highest BCUT2D eigenvalue weighted by Gasteiger charge is 2.21. The van der Waals surface area contributed by atoms with Crippen molar-refractivity contribution in [2.75, 3.05) is 6.54 Å². The van der Waals surface area contributed by atoms with Gasteiger partial charge < -0.3 is 21.7 Å². The van der Waals surface area contributed by atoms with Crippen LogP contribution in [0.25, 0.3) is 0 Å². The molecule has 0 heterocycles. The number of hydrogen-bond donors (Lipinski definition) is 4. The van der Waals surface area contributed by atoms with E-state index >= 15 is 0 Å². The van der Waals surface area contributed by atoms with Crippen molar-refractivity contribution in [2.45, 2.75) is 12.5 Å². The highest BCUT2D eigenvalue weighted by molar-refractivity contribution is 9.10. The minimum absolute atomic E-state index is 0. The van der Waals surface area contributed by atoms with Crippen LogP contribution in [0.4, 0.5) is 0 Å². The zero-order chi connectivity index (χ0) is 12.3. The molecule has 0 aliphatic rings. The van der Waals surface area contributed by atoms with E-state index in [-0.39, 0.29) is 29.3 Å². The third kappa shape index (κ3) is 3.57. The van der Waals surface area contributed by atoms with Crippen molar-refractivity contribution in [2.24, 2.45) is 11.5 Å². The van der Waals surface area contributed by atoms with Gasteiger partial charge in [0.15, 0.2) is 0 Å². The molecule has 1 rings (SSSR count). The molecule has 1 aromatic carbocycles. The van der Waals surface area contributed by atoms with Gasteiger partial charge in [-0.1, -0.05) is 0 Å². The largest absolute Gasteiger partial charge is 0.506 e. The summed E-state index contributed by atoms with van der Waals surface area (Å²) in [5, 5.41) is 18.8. The minimum atomic E-state index is -1.12. The number of aromatic hydroxyl groups is 1. The Morgan fingerprint density at radius 2 is 2.06 bits per heavy atom. The van der Waals surface area contributed by atoms with Crippen LogP contribution in [0.5, 0.6) is 5.75 Å². The molecule has 0 saturated carbocycles. The zero-order valence-electron chi connectivity index (χ0n) is 8.89. The van der Waals surface area contributed by atoms with Gasteiger partial charge in [0.1, 0.15) is 5.75 Å². The number of benzene rings is 1. The number of nitrogens with two attached hydrogens (primary N) is 2. The van der Waals surface area contributed by atoms with Crippen molar-refractivity contribution >= 4 is 34.3 Å². The van der Waals surface area contributed by atoms with Crippen molar-refractivity contribution < 1.29 is 15.0 Å². The average molecular weight is 326 g/mol. The molecule has 5 nitrogen and oxygen atoms in total.